The largest absolute Gasteiger partial charge is 0.262 e. The number of nitrogens with zero attached hydrogens (tertiary/aromatic N) is 1. The number of hydrogen-bond donors (Lipinski definition) is 0. The van der Waals surface area contributed by atoms with Gasteiger partial charge in [-0.05, 0) is 23.8 Å². The fraction of sp³-hybridized carbons (Fsp3) is 0.0833. The summed E-state index contributed by atoms with van der Waals surface area (Å²) < 4.78 is 0. The zero-order valence-corrected chi connectivity index (χ0v) is 10.4. The molecule has 0 aliphatic carbocycles. The number of hydrogen-bond acceptors (Lipinski definition) is 1. The summed E-state index contributed by atoms with van der Waals surface area (Å²) in [5, 5.41) is 1.17. The smallest absolute Gasteiger partial charge is 0.141 e. The van der Waals surface area contributed by atoms with Gasteiger partial charge < -0.3 is 0 Å². The zero-order valence-electron chi connectivity index (χ0n) is 8.87. The van der Waals surface area contributed by atoms with Crippen LogP contribution in [0.3, 0.4) is 0 Å². The third kappa shape index (κ3) is 2.78. The Morgan fingerprint density at radius 1 is 1.06 bits per heavy atom. The van der Waals surface area contributed by atoms with Gasteiger partial charge in [-0.3, -0.25) is 4.98 Å². The number of benzene rings is 1. The van der Waals surface area contributed by atoms with E-state index in [2.05, 4.69) is 11.1 Å². The second kappa shape index (κ2) is 4.90. The van der Waals surface area contributed by atoms with Gasteiger partial charge in [0.25, 0.3) is 0 Å². The van der Waals surface area contributed by atoms with Gasteiger partial charge in [-0.1, -0.05) is 40.8 Å². The molecule has 0 amide bonds. The molecule has 1 nitrogen and oxygen atoms in total. The summed E-state index contributed by atoms with van der Waals surface area (Å²) in [4.78, 5) is 4.35. The molecular formula is C12H10BCl2N. The molecule has 0 saturated carbocycles. The number of pyridine rings is 1. The third-order valence-electron chi connectivity index (χ3n) is 2.34. The van der Waals surface area contributed by atoms with Crippen LogP contribution >= 0.6 is 23.2 Å². The molecule has 4 heteroatoms. The molecule has 80 valence electrons. The molecule has 1 heterocycles. The number of aromatic nitrogens is 1. The molecule has 0 N–H and O–H groups in total. The lowest BCUT2D eigenvalue weighted by atomic mass is 9.98. The molecule has 0 radical (unpaired) electrons. The summed E-state index contributed by atoms with van der Waals surface area (Å²) >= 11 is 11.8. The fourth-order valence-corrected chi connectivity index (χ4v) is 1.78. The van der Waals surface area contributed by atoms with Crippen LogP contribution in [0.4, 0.5) is 0 Å². The van der Waals surface area contributed by atoms with Crippen molar-refractivity contribution in [3.8, 4) is 0 Å². The highest BCUT2D eigenvalue weighted by Gasteiger charge is 2.01. The van der Waals surface area contributed by atoms with Crippen LogP contribution in [-0.2, 0) is 6.42 Å². The Morgan fingerprint density at radius 2 is 1.88 bits per heavy atom. The lowest BCUT2D eigenvalue weighted by Crippen LogP contribution is -2.04. The predicted octanol–water partition coefficient (Wildman–Crippen LogP) is 2.24. The summed E-state index contributed by atoms with van der Waals surface area (Å²) in [5.41, 5.74) is 3.31. The normalized spacial score (nSPS) is 10.4. The van der Waals surface area contributed by atoms with Gasteiger partial charge in [0.2, 0.25) is 0 Å². The van der Waals surface area contributed by atoms with Gasteiger partial charge in [-0.15, -0.1) is 0 Å². The van der Waals surface area contributed by atoms with Gasteiger partial charge in [0, 0.05) is 18.3 Å². The molecule has 1 aromatic carbocycles. The first kappa shape index (κ1) is 11.5. The van der Waals surface area contributed by atoms with Crippen molar-refractivity contribution in [3.05, 3.63) is 57.8 Å². The Balaban J connectivity index is 2.20. The molecule has 0 saturated heterocycles. The first-order valence-electron chi connectivity index (χ1n) is 5.00. The Hall–Kier alpha value is -0.985. The minimum atomic E-state index is 0.585. The quantitative estimate of drug-likeness (QED) is 0.744. The number of halogens is 2. The zero-order chi connectivity index (χ0) is 11.5. The van der Waals surface area contributed by atoms with Crippen LogP contribution in [0, 0.1) is 0 Å². The summed E-state index contributed by atoms with van der Waals surface area (Å²) in [6.45, 7) is 0. The number of rotatable bonds is 2. The van der Waals surface area contributed by atoms with Crippen LogP contribution in [0.25, 0.3) is 0 Å². The van der Waals surface area contributed by atoms with Crippen molar-refractivity contribution in [3.63, 3.8) is 0 Å². The Bertz CT molecular complexity index is 497. The van der Waals surface area contributed by atoms with E-state index in [0.717, 1.165) is 23.1 Å². The van der Waals surface area contributed by atoms with Crippen LogP contribution < -0.4 is 5.46 Å². The molecule has 16 heavy (non-hydrogen) atoms. The lowest BCUT2D eigenvalue weighted by molar-refractivity contribution is 1.08. The van der Waals surface area contributed by atoms with Crippen LogP contribution in [0.1, 0.15) is 11.3 Å². The second-order valence-electron chi connectivity index (χ2n) is 3.75. The summed E-state index contributed by atoms with van der Waals surface area (Å²) in [7, 11) is 2.02. The van der Waals surface area contributed by atoms with Crippen LogP contribution in [-0.4, -0.2) is 12.8 Å². The van der Waals surface area contributed by atoms with Gasteiger partial charge in [0.1, 0.15) is 7.85 Å². The maximum atomic E-state index is 5.95. The average Bonchev–Trinajstić information content (AvgIpc) is 2.27. The van der Waals surface area contributed by atoms with E-state index in [1.807, 2.05) is 38.3 Å². The van der Waals surface area contributed by atoms with E-state index in [1.54, 1.807) is 0 Å². The van der Waals surface area contributed by atoms with E-state index >= 15 is 0 Å². The van der Waals surface area contributed by atoms with Crippen molar-refractivity contribution in [1.29, 1.82) is 0 Å². The summed E-state index contributed by atoms with van der Waals surface area (Å²) in [5.74, 6) is 0. The van der Waals surface area contributed by atoms with E-state index in [4.69, 9.17) is 23.2 Å². The van der Waals surface area contributed by atoms with E-state index in [9.17, 15) is 0 Å². The molecule has 0 bridgehead atoms. The lowest BCUT2D eigenvalue weighted by Gasteiger charge is -2.03. The standard InChI is InChI=1S/C12H10BCl2N/c13-9-2-3-10(16-7-9)5-8-1-4-11(14)12(15)6-8/h1-4,6-7H,5,13H2. The molecular weight excluding hydrogens is 240 g/mol. The highest BCUT2D eigenvalue weighted by Crippen LogP contribution is 2.23. The molecule has 0 aliphatic rings. The van der Waals surface area contributed by atoms with Crippen molar-refractivity contribution >= 4 is 36.5 Å². The van der Waals surface area contributed by atoms with Crippen molar-refractivity contribution in [1.82, 2.24) is 4.98 Å². The Morgan fingerprint density at radius 3 is 2.50 bits per heavy atom. The third-order valence-corrected chi connectivity index (χ3v) is 3.08. The van der Waals surface area contributed by atoms with Gasteiger partial charge in [0.05, 0.1) is 10.0 Å². The average molecular weight is 250 g/mol. The molecule has 0 fully saturated rings. The van der Waals surface area contributed by atoms with Crippen molar-refractivity contribution in [2.24, 2.45) is 0 Å². The van der Waals surface area contributed by atoms with Gasteiger partial charge >= 0.3 is 0 Å². The monoisotopic (exact) mass is 249 g/mol. The minimum absolute atomic E-state index is 0.585. The van der Waals surface area contributed by atoms with Crippen molar-refractivity contribution in [2.75, 3.05) is 0 Å². The summed E-state index contributed by atoms with van der Waals surface area (Å²) in [6, 6.07) is 9.74. The molecule has 2 aromatic rings. The van der Waals surface area contributed by atoms with Crippen LogP contribution in [0.15, 0.2) is 36.5 Å². The molecule has 2 rings (SSSR count). The molecule has 0 spiro atoms. The van der Waals surface area contributed by atoms with Crippen molar-refractivity contribution < 1.29 is 0 Å². The topological polar surface area (TPSA) is 12.9 Å². The van der Waals surface area contributed by atoms with Crippen LogP contribution in [0.5, 0.6) is 0 Å². The second-order valence-corrected chi connectivity index (χ2v) is 4.57. The van der Waals surface area contributed by atoms with E-state index in [0.29, 0.717) is 10.0 Å². The Labute approximate surface area is 106 Å². The minimum Gasteiger partial charge on any atom is -0.262 e. The highest BCUT2D eigenvalue weighted by atomic mass is 35.5. The van der Waals surface area contributed by atoms with E-state index in [-0.39, 0.29) is 0 Å². The van der Waals surface area contributed by atoms with Gasteiger partial charge in [-0.2, -0.15) is 0 Å². The van der Waals surface area contributed by atoms with E-state index < -0.39 is 0 Å². The molecule has 0 atom stereocenters. The Kier molecular flexibility index (Phi) is 3.52. The first-order valence-corrected chi connectivity index (χ1v) is 5.76. The maximum Gasteiger partial charge on any atom is 0.141 e. The molecule has 0 unspecified atom stereocenters. The van der Waals surface area contributed by atoms with Crippen LogP contribution in [0.2, 0.25) is 10.0 Å². The summed E-state index contributed by atoms with van der Waals surface area (Å²) in [6.07, 6.45) is 2.64. The molecule has 0 aliphatic heterocycles. The molecule has 1 aromatic heterocycles. The van der Waals surface area contributed by atoms with Crippen molar-refractivity contribution in [2.45, 2.75) is 6.42 Å². The maximum absolute atomic E-state index is 5.95. The van der Waals surface area contributed by atoms with E-state index in [1.165, 1.54) is 0 Å². The van der Waals surface area contributed by atoms with Gasteiger partial charge in [0.15, 0.2) is 0 Å². The fourth-order valence-electron chi connectivity index (χ4n) is 1.46. The first-order chi connectivity index (χ1) is 7.65. The van der Waals surface area contributed by atoms with Gasteiger partial charge in [-0.25, -0.2) is 0 Å². The predicted molar refractivity (Wildman–Crippen MR) is 71.7 cm³/mol. The highest BCUT2D eigenvalue weighted by molar-refractivity contribution is 6.42. The SMILES string of the molecule is Bc1ccc(Cc2ccc(Cl)c(Cl)c2)nc1.